The van der Waals surface area contributed by atoms with Gasteiger partial charge in [0.2, 0.25) is 11.2 Å². The third-order valence-corrected chi connectivity index (χ3v) is 8.43. The summed E-state index contributed by atoms with van der Waals surface area (Å²) in [4.78, 5) is 78.0. The molecule has 0 saturated heterocycles. The van der Waals surface area contributed by atoms with E-state index in [-0.39, 0.29) is 34.0 Å². The van der Waals surface area contributed by atoms with Crippen LogP contribution in [0.5, 0.6) is 0 Å². The number of benzene rings is 1. The normalized spacial score (nSPS) is 12.0. The highest BCUT2D eigenvalue weighted by Crippen LogP contribution is 2.24. The molecule has 1 aliphatic carbocycles. The second-order valence-electron chi connectivity index (χ2n) is 12.9. The van der Waals surface area contributed by atoms with Crippen LogP contribution < -0.4 is 10.9 Å². The summed E-state index contributed by atoms with van der Waals surface area (Å²) in [5.41, 5.74) is 6.04. The van der Waals surface area contributed by atoms with E-state index in [1.807, 2.05) is 51.3 Å². The Morgan fingerprint density at radius 3 is 2.02 bits per heavy atom. The standard InChI is InChI=1S/C15H17NO2.C12H12N2O3.C12H11NO3/c1-9(2)16-8-13(11(4)17)15(18)12-6-5-10(3)7-14(12)16;1-6-4-7(2)13-11-9(6)10(15)8(12(16)17)5-14(11)3;1-6-5-7(2)13-9-4-3-8(12(15)16)11(14)10(6)9/h5-9H,1-4H3;4-5H,1-3H3,(H,16,17);3,5H,4H2,1-2H3,(H,15,16). The average molecular weight is 693 g/mol. The van der Waals surface area contributed by atoms with Crippen LogP contribution in [0.1, 0.15) is 91.7 Å². The number of rotatable bonds is 4. The molecule has 0 spiro atoms. The van der Waals surface area contributed by atoms with Crippen LogP contribution in [-0.2, 0) is 18.3 Å². The van der Waals surface area contributed by atoms with Crippen molar-refractivity contribution in [1.29, 1.82) is 0 Å². The quantitative estimate of drug-likeness (QED) is 0.173. The van der Waals surface area contributed by atoms with Gasteiger partial charge in [-0.15, -0.1) is 0 Å². The van der Waals surface area contributed by atoms with Crippen LogP contribution in [-0.4, -0.2) is 52.8 Å². The Bertz CT molecular complexity index is 2430. The van der Waals surface area contributed by atoms with Crippen molar-refractivity contribution in [1.82, 2.24) is 19.1 Å². The number of pyridine rings is 4. The number of aryl methyl sites for hydroxylation is 6. The molecule has 12 heteroatoms. The molecule has 0 unspecified atom stereocenters. The molecule has 51 heavy (non-hydrogen) atoms. The number of hydrogen-bond donors (Lipinski definition) is 2. The molecular weight excluding hydrogens is 652 g/mol. The number of carbonyl (C=O) groups is 4. The summed E-state index contributed by atoms with van der Waals surface area (Å²) in [6, 6.07) is 9.46. The van der Waals surface area contributed by atoms with Crippen LogP contribution in [0.25, 0.3) is 21.9 Å². The largest absolute Gasteiger partial charge is 0.478 e. The zero-order chi connectivity index (χ0) is 38.1. The molecule has 0 amide bonds. The molecule has 12 nitrogen and oxygen atoms in total. The lowest BCUT2D eigenvalue weighted by molar-refractivity contribution is -0.132. The summed E-state index contributed by atoms with van der Waals surface area (Å²) in [5, 5.41) is 18.8. The van der Waals surface area contributed by atoms with Gasteiger partial charge in [-0.25, -0.2) is 14.6 Å². The molecule has 0 atom stereocenters. The number of carbonyl (C=O) groups excluding carboxylic acids is 2. The SMILES string of the molecule is CC(=O)c1cn(C(C)C)c2cc(C)ccc2c1=O.Cc1cc(C)c2c(=O)c(C(=O)O)cn(C)c2n1.Cc1cc(C)c2c(n1)CC=C(C(=O)O)C2=O. The molecule has 5 aromatic rings. The topological polar surface area (TPSA) is 179 Å². The van der Waals surface area contributed by atoms with E-state index in [0.29, 0.717) is 34.1 Å². The van der Waals surface area contributed by atoms with E-state index < -0.39 is 23.2 Å². The highest BCUT2D eigenvalue weighted by Gasteiger charge is 2.27. The van der Waals surface area contributed by atoms with Gasteiger partial charge in [0, 0.05) is 54.2 Å². The second kappa shape index (κ2) is 14.8. The van der Waals surface area contributed by atoms with E-state index in [9.17, 15) is 28.8 Å². The van der Waals surface area contributed by atoms with Gasteiger partial charge < -0.3 is 19.3 Å². The van der Waals surface area contributed by atoms with Crippen molar-refractivity contribution in [2.45, 2.75) is 67.9 Å². The van der Waals surface area contributed by atoms with E-state index in [0.717, 1.165) is 33.6 Å². The molecule has 0 aliphatic heterocycles. The van der Waals surface area contributed by atoms with Gasteiger partial charge in [-0.05, 0) is 96.3 Å². The summed E-state index contributed by atoms with van der Waals surface area (Å²) in [6.07, 6.45) is 4.82. The first-order valence-electron chi connectivity index (χ1n) is 16.2. The fourth-order valence-electron chi connectivity index (χ4n) is 6.07. The number of aliphatic carboxylic acids is 1. The number of carboxylic acid groups (broad SMARTS) is 2. The molecule has 4 aromatic heterocycles. The molecule has 0 fully saturated rings. The van der Waals surface area contributed by atoms with Gasteiger partial charge in [0.15, 0.2) is 11.2 Å². The average Bonchev–Trinajstić information content (AvgIpc) is 3.02. The number of fused-ring (bicyclic) bond motifs is 3. The van der Waals surface area contributed by atoms with E-state index in [1.54, 1.807) is 49.9 Å². The zero-order valence-electron chi connectivity index (χ0n) is 30.0. The first-order chi connectivity index (χ1) is 23.8. The Morgan fingerprint density at radius 2 is 1.43 bits per heavy atom. The van der Waals surface area contributed by atoms with Crippen molar-refractivity contribution < 1.29 is 29.4 Å². The van der Waals surface area contributed by atoms with Crippen LogP contribution in [0.3, 0.4) is 0 Å². The van der Waals surface area contributed by atoms with Gasteiger partial charge in [0.1, 0.15) is 16.8 Å². The van der Waals surface area contributed by atoms with Crippen molar-refractivity contribution in [3.05, 3.63) is 125 Å². The van der Waals surface area contributed by atoms with Crippen LogP contribution in [0.4, 0.5) is 0 Å². The van der Waals surface area contributed by atoms with Crippen molar-refractivity contribution in [3.63, 3.8) is 0 Å². The maximum Gasteiger partial charge on any atom is 0.341 e. The molecule has 0 saturated carbocycles. The number of aromatic nitrogens is 4. The molecule has 2 N–H and O–H groups in total. The molecular formula is C39H40N4O8. The molecule has 0 radical (unpaired) electrons. The Labute approximate surface area is 293 Å². The predicted molar refractivity (Wildman–Crippen MR) is 194 cm³/mol. The molecule has 0 bridgehead atoms. The number of allylic oxidation sites excluding steroid dienone is 1. The van der Waals surface area contributed by atoms with Gasteiger partial charge in [-0.3, -0.25) is 24.2 Å². The lowest BCUT2D eigenvalue weighted by Gasteiger charge is -2.16. The zero-order valence-corrected chi connectivity index (χ0v) is 30.0. The Balaban J connectivity index is 0.000000172. The van der Waals surface area contributed by atoms with Gasteiger partial charge in [-0.2, -0.15) is 0 Å². The van der Waals surface area contributed by atoms with E-state index in [2.05, 4.69) is 9.97 Å². The maximum atomic E-state index is 12.2. The molecule has 1 aromatic carbocycles. The third kappa shape index (κ3) is 7.75. The van der Waals surface area contributed by atoms with E-state index in [1.165, 1.54) is 19.2 Å². The lowest BCUT2D eigenvalue weighted by Crippen LogP contribution is -2.21. The first-order valence-corrected chi connectivity index (χ1v) is 16.2. The van der Waals surface area contributed by atoms with Crippen molar-refractivity contribution in [2.24, 2.45) is 7.05 Å². The lowest BCUT2D eigenvalue weighted by atomic mass is 9.90. The molecule has 6 rings (SSSR count). The molecule has 4 heterocycles. The number of aromatic carboxylic acids is 1. The molecule has 264 valence electrons. The monoisotopic (exact) mass is 692 g/mol. The van der Waals surface area contributed by atoms with E-state index >= 15 is 0 Å². The number of nitrogens with zero attached hydrogens (tertiary/aromatic N) is 4. The van der Waals surface area contributed by atoms with Crippen LogP contribution in [0, 0.1) is 34.6 Å². The minimum atomic E-state index is -1.22. The van der Waals surface area contributed by atoms with Crippen molar-refractivity contribution in [2.75, 3.05) is 0 Å². The summed E-state index contributed by atoms with van der Waals surface area (Å²) in [5.74, 6) is -3.00. The Morgan fingerprint density at radius 1 is 0.804 bits per heavy atom. The highest BCUT2D eigenvalue weighted by molar-refractivity contribution is 6.25. The summed E-state index contributed by atoms with van der Waals surface area (Å²) in [6.45, 7) is 14.8. The van der Waals surface area contributed by atoms with Gasteiger partial charge in [0.05, 0.1) is 22.2 Å². The summed E-state index contributed by atoms with van der Waals surface area (Å²) >= 11 is 0. The minimum absolute atomic E-state index is 0.152. The number of ketones is 2. The second-order valence-corrected chi connectivity index (χ2v) is 12.9. The number of Topliss-reactive ketones (excluding diaryl/α,β-unsaturated/α-hetero) is 2. The first kappa shape index (κ1) is 37.8. The smallest absolute Gasteiger partial charge is 0.341 e. The Hall–Kier alpha value is -6.04. The fraction of sp³-hybridized carbons (Fsp3) is 0.282. The predicted octanol–water partition coefficient (Wildman–Crippen LogP) is 5.79. The van der Waals surface area contributed by atoms with Crippen LogP contribution >= 0.6 is 0 Å². The number of carboxylic acids is 2. The minimum Gasteiger partial charge on any atom is -0.478 e. The highest BCUT2D eigenvalue weighted by atomic mass is 16.4. The number of hydrogen-bond acceptors (Lipinski definition) is 8. The molecule has 1 aliphatic rings. The summed E-state index contributed by atoms with van der Waals surface area (Å²) in [7, 11) is 1.68. The third-order valence-electron chi connectivity index (χ3n) is 8.43. The maximum absolute atomic E-state index is 12.2. The van der Waals surface area contributed by atoms with E-state index in [4.69, 9.17) is 10.2 Å². The fourth-order valence-corrected chi connectivity index (χ4v) is 6.07. The van der Waals surface area contributed by atoms with Gasteiger partial charge >= 0.3 is 11.9 Å². The van der Waals surface area contributed by atoms with Gasteiger partial charge in [0.25, 0.3) is 0 Å². The van der Waals surface area contributed by atoms with Crippen molar-refractivity contribution in [3.8, 4) is 0 Å². The van der Waals surface area contributed by atoms with Crippen LogP contribution in [0.15, 0.2) is 64.0 Å². The summed E-state index contributed by atoms with van der Waals surface area (Å²) < 4.78 is 3.56. The van der Waals surface area contributed by atoms with Crippen molar-refractivity contribution >= 4 is 45.4 Å². The van der Waals surface area contributed by atoms with Gasteiger partial charge in [-0.1, -0.05) is 12.1 Å². The van der Waals surface area contributed by atoms with Crippen LogP contribution in [0.2, 0.25) is 0 Å². The Kier molecular flexibility index (Phi) is 11.0.